The summed E-state index contributed by atoms with van der Waals surface area (Å²) < 4.78 is 5.45. The molecule has 106 valence electrons. The predicted molar refractivity (Wildman–Crippen MR) is 79.6 cm³/mol. The molecule has 3 nitrogen and oxygen atoms in total. The van der Waals surface area contributed by atoms with Gasteiger partial charge >= 0.3 is 0 Å². The molecule has 1 aromatic carbocycles. The average molecular weight is 262 g/mol. The highest BCUT2D eigenvalue weighted by Crippen LogP contribution is 2.26. The van der Waals surface area contributed by atoms with Crippen LogP contribution < -0.4 is 10.1 Å². The molecule has 0 aliphatic carbocycles. The summed E-state index contributed by atoms with van der Waals surface area (Å²) in [5.74, 6) is 1.67. The molecule has 0 bridgehead atoms. The van der Waals surface area contributed by atoms with Crippen molar-refractivity contribution in [1.82, 2.24) is 10.2 Å². The Bertz CT molecular complexity index is 407. The van der Waals surface area contributed by atoms with Gasteiger partial charge in [-0.15, -0.1) is 0 Å². The van der Waals surface area contributed by atoms with Gasteiger partial charge in [0.1, 0.15) is 5.75 Å². The molecule has 0 aromatic heterocycles. The summed E-state index contributed by atoms with van der Waals surface area (Å²) in [5, 5.41) is 3.77. The van der Waals surface area contributed by atoms with E-state index >= 15 is 0 Å². The fraction of sp³-hybridized carbons (Fsp3) is 0.625. The zero-order chi connectivity index (χ0) is 13.8. The third kappa shape index (κ3) is 3.48. The van der Waals surface area contributed by atoms with Crippen LogP contribution in [-0.2, 0) is 0 Å². The Kier molecular flexibility index (Phi) is 4.83. The minimum Gasteiger partial charge on any atom is -0.496 e. The topological polar surface area (TPSA) is 24.5 Å². The molecule has 1 aliphatic rings. The van der Waals surface area contributed by atoms with Crippen LogP contribution in [0.5, 0.6) is 5.75 Å². The van der Waals surface area contributed by atoms with Crippen molar-refractivity contribution in [1.29, 1.82) is 0 Å². The SMILES string of the molecule is COc1ccccc1C(C)NC1CCN(C)CC1C. The second kappa shape index (κ2) is 6.40. The molecule has 1 N–H and O–H groups in total. The van der Waals surface area contributed by atoms with E-state index in [2.05, 4.69) is 43.2 Å². The molecule has 0 radical (unpaired) electrons. The molecule has 0 saturated carbocycles. The highest BCUT2D eigenvalue weighted by Gasteiger charge is 2.25. The third-order valence-corrected chi connectivity index (χ3v) is 4.18. The first-order valence-corrected chi connectivity index (χ1v) is 7.19. The summed E-state index contributed by atoms with van der Waals surface area (Å²) in [6.45, 7) is 6.92. The Morgan fingerprint density at radius 3 is 2.79 bits per heavy atom. The number of nitrogens with zero attached hydrogens (tertiary/aromatic N) is 1. The molecule has 19 heavy (non-hydrogen) atoms. The first-order chi connectivity index (χ1) is 9.11. The molecule has 1 fully saturated rings. The summed E-state index contributed by atoms with van der Waals surface area (Å²) in [6, 6.07) is 9.20. The van der Waals surface area contributed by atoms with Crippen molar-refractivity contribution in [2.24, 2.45) is 5.92 Å². The highest BCUT2D eigenvalue weighted by molar-refractivity contribution is 5.35. The van der Waals surface area contributed by atoms with Crippen LogP contribution in [0.4, 0.5) is 0 Å². The minimum absolute atomic E-state index is 0.326. The van der Waals surface area contributed by atoms with E-state index in [0.29, 0.717) is 18.0 Å². The molecule has 0 spiro atoms. The van der Waals surface area contributed by atoms with E-state index < -0.39 is 0 Å². The number of piperidine rings is 1. The molecule has 1 aliphatic heterocycles. The number of methoxy groups -OCH3 is 1. The maximum Gasteiger partial charge on any atom is 0.123 e. The number of ether oxygens (including phenoxy) is 1. The molecule has 3 atom stereocenters. The maximum atomic E-state index is 5.45. The maximum absolute atomic E-state index is 5.45. The second-order valence-corrected chi connectivity index (χ2v) is 5.77. The number of hydrogen-bond donors (Lipinski definition) is 1. The quantitative estimate of drug-likeness (QED) is 0.903. The average Bonchev–Trinajstić information content (AvgIpc) is 2.41. The smallest absolute Gasteiger partial charge is 0.123 e. The standard InChI is InChI=1S/C16H26N2O/c1-12-11-18(3)10-9-15(12)17-13(2)14-7-5-6-8-16(14)19-4/h5-8,12-13,15,17H,9-11H2,1-4H3. The fourth-order valence-electron chi connectivity index (χ4n) is 3.04. The van der Waals surface area contributed by atoms with Crippen molar-refractivity contribution in [3.63, 3.8) is 0 Å². The zero-order valence-electron chi connectivity index (χ0n) is 12.5. The molecule has 2 rings (SSSR count). The lowest BCUT2D eigenvalue weighted by Gasteiger charge is -2.37. The van der Waals surface area contributed by atoms with Gasteiger partial charge in [-0.2, -0.15) is 0 Å². The monoisotopic (exact) mass is 262 g/mol. The van der Waals surface area contributed by atoms with E-state index in [-0.39, 0.29) is 0 Å². The van der Waals surface area contributed by atoms with Gasteiger partial charge in [0.05, 0.1) is 7.11 Å². The lowest BCUT2D eigenvalue weighted by Crippen LogP contribution is -2.47. The summed E-state index contributed by atoms with van der Waals surface area (Å²) in [5.41, 5.74) is 1.25. The Hall–Kier alpha value is -1.06. The van der Waals surface area contributed by atoms with E-state index in [0.717, 1.165) is 5.75 Å². The van der Waals surface area contributed by atoms with Crippen LogP contribution in [0.2, 0.25) is 0 Å². The molecular weight excluding hydrogens is 236 g/mol. The molecular formula is C16H26N2O. The first-order valence-electron chi connectivity index (χ1n) is 7.19. The highest BCUT2D eigenvalue weighted by atomic mass is 16.5. The van der Waals surface area contributed by atoms with Crippen LogP contribution in [0.15, 0.2) is 24.3 Å². The van der Waals surface area contributed by atoms with Gasteiger partial charge in [0.15, 0.2) is 0 Å². The molecule has 1 aromatic rings. The normalized spacial score (nSPS) is 26.1. The lowest BCUT2D eigenvalue weighted by molar-refractivity contribution is 0.167. The van der Waals surface area contributed by atoms with Crippen molar-refractivity contribution in [2.75, 3.05) is 27.2 Å². The first kappa shape index (κ1) is 14.4. The predicted octanol–water partition coefficient (Wildman–Crippen LogP) is 2.69. The van der Waals surface area contributed by atoms with Gasteiger partial charge in [0.2, 0.25) is 0 Å². The summed E-state index contributed by atoms with van der Waals surface area (Å²) in [6.07, 6.45) is 1.22. The largest absolute Gasteiger partial charge is 0.496 e. The number of likely N-dealkylation sites (tertiary alicyclic amines) is 1. The van der Waals surface area contributed by atoms with Gasteiger partial charge < -0.3 is 15.0 Å². The van der Waals surface area contributed by atoms with Gasteiger partial charge in [-0.25, -0.2) is 0 Å². The Morgan fingerprint density at radius 2 is 2.11 bits per heavy atom. The van der Waals surface area contributed by atoms with Gasteiger partial charge in [0, 0.05) is 24.2 Å². The van der Waals surface area contributed by atoms with Crippen molar-refractivity contribution in [2.45, 2.75) is 32.4 Å². The fourth-order valence-corrected chi connectivity index (χ4v) is 3.04. The van der Waals surface area contributed by atoms with Crippen molar-refractivity contribution >= 4 is 0 Å². The summed E-state index contributed by atoms with van der Waals surface area (Å²) in [7, 11) is 3.94. The van der Waals surface area contributed by atoms with Crippen molar-refractivity contribution < 1.29 is 4.74 Å². The summed E-state index contributed by atoms with van der Waals surface area (Å²) >= 11 is 0. The second-order valence-electron chi connectivity index (χ2n) is 5.77. The van der Waals surface area contributed by atoms with Crippen LogP contribution >= 0.6 is 0 Å². The molecule has 0 amide bonds. The van der Waals surface area contributed by atoms with Gasteiger partial charge in [-0.3, -0.25) is 0 Å². The Balaban J connectivity index is 2.02. The number of nitrogens with one attached hydrogen (secondary N) is 1. The van der Waals surface area contributed by atoms with Crippen LogP contribution in [-0.4, -0.2) is 38.2 Å². The third-order valence-electron chi connectivity index (χ3n) is 4.18. The molecule has 1 saturated heterocycles. The van der Waals surface area contributed by atoms with E-state index in [1.54, 1.807) is 7.11 Å². The zero-order valence-corrected chi connectivity index (χ0v) is 12.5. The number of rotatable bonds is 4. The molecule has 1 heterocycles. The van der Waals surface area contributed by atoms with Crippen molar-refractivity contribution in [3.05, 3.63) is 29.8 Å². The number of hydrogen-bond acceptors (Lipinski definition) is 3. The Labute approximate surface area is 116 Å². The minimum atomic E-state index is 0.326. The molecule has 3 heteroatoms. The van der Waals surface area contributed by atoms with Crippen LogP contribution in [0.25, 0.3) is 0 Å². The molecule has 3 unspecified atom stereocenters. The van der Waals surface area contributed by atoms with Crippen LogP contribution in [0, 0.1) is 5.92 Å². The van der Waals surface area contributed by atoms with E-state index in [4.69, 9.17) is 4.74 Å². The van der Waals surface area contributed by atoms with Crippen molar-refractivity contribution in [3.8, 4) is 5.75 Å². The van der Waals surface area contributed by atoms with Gasteiger partial charge in [-0.05, 0) is 38.9 Å². The summed E-state index contributed by atoms with van der Waals surface area (Å²) in [4.78, 5) is 2.41. The Morgan fingerprint density at radius 1 is 1.37 bits per heavy atom. The van der Waals surface area contributed by atoms with E-state index in [1.165, 1.54) is 25.1 Å². The number of para-hydroxylation sites is 1. The number of benzene rings is 1. The van der Waals surface area contributed by atoms with E-state index in [1.807, 2.05) is 12.1 Å². The van der Waals surface area contributed by atoms with Gasteiger partial charge in [-0.1, -0.05) is 25.1 Å². The lowest BCUT2D eigenvalue weighted by atomic mass is 9.92. The van der Waals surface area contributed by atoms with Crippen LogP contribution in [0.3, 0.4) is 0 Å². The van der Waals surface area contributed by atoms with E-state index in [9.17, 15) is 0 Å². The van der Waals surface area contributed by atoms with Gasteiger partial charge in [0.25, 0.3) is 0 Å². The van der Waals surface area contributed by atoms with Crippen LogP contribution in [0.1, 0.15) is 31.9 Å².